The second-order valence-corrected chi connectivity index (χ2v) is 30.1. The summed E-state index contributed by atoms with van der Waals surface area (Å²) in [7, 11) is 12.8. The Bertz CT molecular complexity index is 4170. The van der Waals surface area contributed by atoms with Crippen LogP contribution < -0.4 is 53.8 Å². The summed E-state index contributed by atoms with van der Waals surface area (Å²) in [6, 6.07) is 22.5. The Balaban J connectivity index is 0.000000197. The second kappa shape index (κ2) is 40.6. The third-order valence-corrected chi connectivity index (χ3v) is 20.4. The summed E-state index contributed by atoms with van der Waals surface area (Å²) in [4.78, 5) is 92.6. The molecular weight excluding hydrogens is 1560 g/mol. The summed E-state index contributed by atoms with van der Waals surface area (Å²) in [6.45, 7) is 24.0. The molecule has 0 bridgehead atoms. The summed E-state index contributed by atoms with van der Waals surface area (Å²) in [5, 5.41) is 37.1. The minimum absolute atomic E-state index is 0.00228. The maximum atomic E-state index is 12.5. The van der Waals surface area contributed by atoms with Crippen molar-refractivity contribution < 1.29 is 86.0 Å². The highest BCUT2D eigenvalue weighted by atomic mass is 127. The minimum atomic E-state index is -0.565. The molecule has 35 heteroatoms. The normalized spacial score (nSPS) is 20.6. The Kier molecular flexibility index (Phi) is 32.1. The number of hydrogen-bond acceptors (Lipinski definition) is 23. The van der Waals surface area contributed by atoms with Crippen molar-refractivity contribution >= 4 is 64.3 Å². The second-order valence-electron chi connectivity index (χ2n) is 29.2. The number of carbonyl (C=O) groups is 7. The summed E-state index contributed by atoms with van der Waals surface area (Å²) in [5.41, 5.74) is 12.3. The molecule has 112 heavy (non-hydrogen) atoms. The number of aromatic nitrogens is 6. The van der Waals surface area contributed by atoms with Gasteiger partial charge in [0.15, 0.2) is 0 Å². The van der Waals surface area contributed by atoms with Crippen LogP contribution in [0.15, 0.2) is 90.3 Å². The Hall–Kier alpha value is -10.5. The van der Waals surface area contributed by atoms with Gasteiger partial charge in [0.25, 0.3) is 0 Å². The number of likely N-dealkylation sites (tertiary alicyclic amines) is 4. The van der Waals surface area contributed by atoms with E-state index >= 15 is 0 Å². The smallest absolute Gasteiger partial charge is 0.407 e. The number of amides is 7. The number of aliphatic hydroxyl groups is 1. The molecule has 4 N–H and O–H groups in total. The molecule has 0 aliphatic carbocycles. The number of hydrogen-bond donors (Lipinski definition) is 4. The first-order valence-corrected chi connectivity index (χ1v) is 38.0. The highest BCUT2D eigenvalue weighted by molar-refractivity contribution is 14.1. The van der Waals surface area contributed by atoms with E-state index in [2.05, 4.69) is 69.2 Å². The standard InChI is InChI=1S/C22H31N5O5.C14H18INO3.C14H18N4O3.C14H19NO4.C13H21N5O3/c1-14-18(13-26-12-16(24-25-26)10-23-21(29)32-22(2,3)4)27(20(14)28)11-15-7-8-17(30-5)9-19(15)31-6;1-9-12(7-15)16(14(9)17)8-10-4-5-11(18-2)6-13(10)19-3;1-9-12(7-16-17-15)18(14(9)19)8-10-4-5-11(20-2)6-13(10)21-3;1-9-12(8-16)15(14(9)17)7-10-4-5-11(18-2)6-13(10)19-3;1-8-10(15-11(8)19)7-18-6-9(16-17-18)5-14-12(20)21-13(2,3)4/h7-9,12,14,18H,10-11,13H2,1-6H3,(H,23,29);4-6,9,12H,7-8H2,1-3H3;4-6,9,12H,7-8H2,1-3H3;4-6,9,12,16H,7-8H2,1-3H3;6,8,10H,5,7H2,1-4H3,(H,14,20)(H,15,19)/t14-,18+;3*9-,12+;8-,10+/m00000/s1. The fourth-order valence-corrected chi connectivity index (χ4v) is 14.0. The Labute approximate surface area is 666 Å². The monoisotopic (exact) mass is 1670 g/mol. The fraction of sp³-hybridized carbons (Fsp3) is 0.545. The predicted molar refractivity (Wildman–Crippen MR) is 419 cm³/mol. The summed E-state index contributed by atoms with van der Waals surface area (Å²) in [6.07, 6.45) is 2.51. The van der Waals surface area contributed by atoms with Crippen molar-refractivity contribution in [1.82, 2.24) is 65.5 Å². The molecule has 610 valence electrons. The molecule has 0 spiro atoms. The quantitative estimate of drug-likeness (QED) is 0.00890. The lowest BCUT2D eigenvalue weighted by molar-refractivity contribution is -0.159. The van der Waals surface area contributed by atoms with E-state index in [9.17, 15) is 38.7 Å². The molecule has 5 aliphatic rings. The van der Waals surface area contributed by atoms with Crippen molar-refractivity contribution in [2.45, 2.75) is 170 Å². The first kappa shape index (κ1) is 88.7. The molecule has 2 aromatic heterocycles. The van der Waals surface area contributed by atoms with Crippen molar-refractivity contribution in [3.8, 4) is 46.0 Å². The zero-order valence-corrected chi connectivity index (χ0v) is 69.4. The summed E-state index contributed by atoms with van der Waals surface area (Å²) in [5.74, 6) is 5.95. The molecule has 34 nitrogen and oxygen atoms in total. The van der Waals surface area contributed by atoms with Gasteiger partial charge in [-0.2, -0.15) is 0 Å². The van der Waals surface area contributed by atoms with Crippen LogP contribution in [0, 0.1) is 29.6 Å². The number of nitrogens with zero attached hydrogens (tertiary/aromatic N) is 13. The SMILES string of the molecule is COc1ccc(CN2C(=O)[C@@H](C)[C@H]2CI)c(OC)c1.COc1ccc(CN2C(=O)[C@@H](C)[C@H]2CN=[N+]=[N-])c(OC)c1.COc1ccc(CN2C(=O)[C@@H](C)[C@H]2CO)c(OC)c1.COc1ccc(CN2C(=O)[C@@H](C)[C@H]2Cn2cc(CNC(=O)OC(C)(C)C)nn2)c(OC)c1.C[C@@H]1C(=O)N[C@@H]1Cn1cc(CNC(=O)OC(C)(C)C)nn1. The summed E-state index contributed by atoms with van der Waals surface area (Å²) < 4.78 is 56.8. The van der Waals surface area contributed by atoms with E-state index in [-0.39, 0.29) is 103 Å². The van der Waals surface area contributed by atoms with Gasteiger partial charge in [0.2, 0.25) is 29.5 Å². The zero-order chi connectivity index (χ0) is 82.5. The molecule has 7 amide bonds. The van der Waals surface area contributed by atoms with E-state index in [4.69, 9.17) is 52.9 Å². The average Bonchev–Trinajstić information content (AvgIpc) is 0.958. The molecule has 6 aromatic rings. The van der Waals surface area contributed by atoms with Gasteiger partial charge in [0, 0.05) is 94.6 Å². The van der Waals surface area contributed by atoms with Crippen molar-refractivity contribution in [3.63, 3.8) is 0 Å². The number of aliphatic hydroxyl groups excluding tert-OH is 1. The van der Waals surface area contributed by atoms with Crippen LogP contribution in [0.5, 0.6) is 46.0 Å². The van der Waals surface area contributed by atoms with Crippen LogP contribution in [0.3, 0.4) is 0 Å². The first-order valence-electron chi connectivity index (χ1n) is 36.5. The van der Waals surface area contributed by atoms with Gasteiger partial charge in [-0.05, 0) is 95.6 Å². The largest absolute Gasteiger partial charge is 0.497 e. The number of azide groups is 1. The summed E-state index contributed by atoms with van der Waals surface area (Å²) >= 11 is 2.33. The number of methoxy groups -OCH3 is 8. The molecule has 10 atom stereocenters. The third kappa shape index (κ3) is 23.3. The van der Waals surface area contributed by atoms with E-state index < -0.39 is 23.4 Å². The van der Waals surface area contributed by atoms with Crippen molar-refractivity contribution in [1.29, 1.82) is 0 Å². The van der Waals surface area contributed by atoms with E-state index in [1.807, 2.05) is 99.0 Å². The van der Waals surface area contributed by atoms with Gasteiger partial charge in [-0.15, -0.1) is 10.2 Å². The Morgan fingerprint density at radius 1 is 0.500 bits per heavy atom. The van der Waals surface area contributed by atoms with Gasteiger partial charge in [-0.3, -0.25) is 33.3 Å². The first-order chi connectivity index (χ1) is 53.2. The average molecular weight is 1670 g/mol. The van der Waals surface area contributed by atoms with Crippen molar-refractivity contribution in [3.05, 3.63) is 129 Å². The maximum absolute atomic E-state index is 12.5. The van der Waals surface area contributed by atoms with Crippen LogP contribution in [0.25, 0.3) is 10.4 Å². The molecule has 5 aliphatic heterocycles. The van der Waals surface area contributed by atoms with E-state index in [1.165, 1.54) is 0 Å². The number of carbonyl (C=O) groups excluding carboxylic acids is 7. The van der Waals surface area contributed by atoms with Crippen LogP contribution >= 0.6 is 22.6 Å². The van der Waals surface area contributed by atoms with E-state index in [0.717, 1.165) is 38.2 Å². The number of alkyl halides is 1. The molecule has 4 aromatic carbocycles. The number of halogens is 1. The van der Waals surface area contributed by atoms with Crippen LogP contribution in [-0.4, -0.2) is 212 Å². The molecule has 11 rings (SSSR count). The topological polar surface area (TPSA) is 391 Å². The number of benzene rings is 4. The molecule has 0 radical (unpaired) electrons. The zero-order valence-electron chi connectivity index (χ0n) is 67.2. The molecule has 5 saturated heterocycles. The van der Waals surface area contributed by atoms with Crippen LogP contribution in [0.1, 0.15) is 110 Å². The lowest BCUT2D eigenvalue weighted by Crippen LogP contribution is -2.60. The van der Waals surface area contributed by atoms with Gasteiger partial charge in [-0.25, -0.2) is 9.59 Å². The fourth-order valence-electron chi connectivity index (χ4n) is 12.8. The Morgan fingerprint density at radius 3 is 1.15 bits per heavy atom. The lowest BCUT2D eigenvalue weighted by Gasteiger charge is -2.45. The molecule has 0 saturated carbocycles. The van der Waals surface area contributed by atoms with Crippen molar-refractivity contribution in [2.24, 2.45) is 34.7 Å². The van der Waals surface area contributed by atoms with Crippen LogP contribution in [0.2, 0.25) is 0 Å². The Morgan fingerprint density at radius 2 is 0.830 bits per heavy atom. The van der Waals surface area contributed by atoms with Gasteiger partial charge in [0.1, 0.15) is 68.6 Å². The van der Waals surface area contributed by atoms with Crippen LogP contribution in [-0.2, 0) is 85.8 Å². The number of alkyl carbamates (subject to hydrolysis) is 2. The molecule has 7 heterocycles. The highest BCUT2D eigenvalue weighted by Crippen LogP contribution is 2.38. The van der Waals surface area contributed by atoms with Gasteiger partial charge >= 0.3 is 12.2 Å². The van der Waals surface area contributed by atoms with E-state index in [0.29, 0.717) is 97.7 Å². The third-order valence-electron chi connectivity index (χ3n) is 19.5. The lowest BCUT2D eigenvalue weighted by atomic mass is 9.88. The number of nitrogens with one attached hydrogen (secondary N) is 3. The minimum Gasteiger partial charge on any atom is -0.497 e. The van der Waals surface area contributed by atoms with Gasteiger partial charge in [0.05, 0.1) is 156 Å². The number of ether oxygens (including phenoxy) is 10. The van der Waals surface area contributed by atoms with E-state index in [1.54, 1.807) is 148 Å². The highest BCUT2D eigenvalue weighted by Gasteiger charge is 2.47. The molecule has 0 unspecified atom stereocenters. The molecule has 5 fully saturated rings. The van der Waals surface area contributed by atoms with Gasteiger partial charge in [-0.1, -0.05) is 72.8 Å². The van der Waals surface area contributed by atoms with Gasteiger partial charge < -0.3 is 88.0 Å². The number of β-lactam (4-membered cyclic amide) rings is 5. The number of rotatable bonds is 28. The van der Waals surface area contributed by atoms with Crippen LogP contribution in [0.4, 0.5) is 9.59 Å². The molecular formula is C77H107IN16O18. The predicted octanol–water partition coefficient (Wildman–Crippen LogP) is 8.69. The maximum Gasteiger partial charge on any atom is 0.407 e. The van der Waals surface area contributed by atoms with Crippen molar-refractivity contribution in [2.75, 3.05) is 74.5 Å².